The normalized spacial score (nSPS) is 12.7. The molecule has 20 heavy (non-hydrogen) atoms. The van der Waals surface area contributed by atoms with Crippen LogP contribution in [-0.2, 0) is 5.41 Å². The molecule has 1 aromatic heterocycles. The zero-order chi connectivity index (χ0) is 14.5. The average Bonchev–Trinajstić information content (AvgIpc) is 2.81. The molecule has 0 radical (unpaired) electrons. The Kier molecular flexibility index (Phi) is 2.86. The summed E-state index contributed by atoms with van der Waals surface area (Å²) in [6.07, 6.45) is 0. The first-order chi connectivity index (χ1) is 9.39. The van der Waals surface area contributed by atoms with Crippen LogP contribution in [0.3, 0.4) is 0 Å². The summed E-state index contributed by atoms with van der Waals surface area (Å²) in [5.74, 6) is 0.508. The minimum atomic E-state index is -0.0205. The molecule has 0 fully saturated rings. The van der Waals surface area contributed by atoms with Crippen LogP contribution < -0.4 is 0 Å². The minimum Gasteiger partial charge on any atom is -0.356 e. The molecule has 0 saturated carbocycles. The summed E-state index contributed by atoms with van der Waals surface area (Å²) >= 11 is 0. The molecular weight excluding hydrogens is 246 g/mol. The van der Waals surface area contributed by atoms with E-state index in [0.717, 1.165) is 16.7 Å². The van der Waals surface area contributed by atoms with E-state index in [1.807, 2.05) is 6.07 Å². The monoisotopic (exact) mass is 267 g/mol. The van der Waals surface area contributed by atoms with Crippen molar-refractivity contribution >= 4 is 21.7 Å². The summed E-state index contributed by atoms with van der Waals surface area (Å²) < 4.78 is 5.53. The van der Waals surface area contributed by atoms with Gasteiger partial charge in [0.05, 0.1) is 11.1 Å². The van der Waals surface area contributed by atoms with E-state index in [0.29, 0.717) is 5.92 Å². The number of fused-ring (bicyclic) bond motifs is 3. The largest absolute Gasteiger partial charge is 0.356 e. The summed E-state index contributed by atoms with van der Waals surface area (Å²) in [6, 6.07) is 10.7. The van der Waals surface area contributed by atoms with Gasteiger partial charge in [0, 0.05) is 5.41 Å². The highest BCUT2D eigenvalue weighted by atomic mass is 16.5. The van der Waals surface area contributed by atoms with Crippen molar-refractivity contribution in [3.05, 3.63) is 41.6 Å². The number of nitrogens with zero attached hydrogens (tertiary/aromatic N) is 1. The maximum atomic E-state index is 5.53. The van der Waals surface area contributed by atoms with Crippen LogP contribution in [0.2, 0.25) is 0 Å². The van der Waals surface area contributed by atoms with E-state index in [1.165, 1.54) is 16.3 Å². The fourth-order valence-electron chi connectivity index (χ4n) is 2.84. The molecule has 0 amide bonds. The zero-order valence-electron chi connectivity index (χ0n) is 12.8. The molecular formula is C18H21NO. The maximum Gasteiger partial charge on any atom is 0.167 e. The Morgan fingerprint density at radius 1 is 1.00 bits per heavy atom. The minimum absolute atomic E-state index is 0.0205. The second-order valence-electron chi connectivity index (χ2n) is 6.82. The average molecular weight is 267 g/mol. The molecule has 0 bridgehead atoms. The maximum absolute atomic E-state index is 5.53. The molecule has 0 aliphatic rings. The molecule has 3 rings (SSSR count). The number of aromatic nitrogens is 1. The SMILES string of the molecule is CC(C)c1cccc2c1ccc1onc(C(C)(C)C)c12. The summed E-state index contributed by atoms with van der Waals surface area (Å²) in [6.45, 7) is 11.0. The van der Waals surface area contributed by atoms with Crippen LogP contribution in [0.1, 0.15) is 51.8 Å². The predicted molar refractivity (Wildman–Crippen MR) is 84.3 cm³/mol. The second kappa shape index (κ2) is 4.34. The van der Waals surface area contributed by atoms with Gasteiger partial charge in [-0.3, -0.25) is 0 Å². The highest BCUT2D eigenvalue weighted by Crippen LogP contribution is 2.36. The zero-order valence-corrected chi connectivity index (χ0v) is 12.8. The fourth-order valence-corrected chi connectivity index (χ4v) is 2.84. The highest BCUT2D eigenvalue weighted by molar-refractivity contribution is 6.08. The highest BCUT2D eigenvalue weighted by Gasteiger charge is 2.23. The van der Waals surface area contributed by atoms with E-state index in [2.05, 4.69) is 64.0 Å². The Labute approximate surface area is 119 Å². The van der Waals surface area contributed by atoms with Crippen molar-refractivity contribution in [3.8, 4) is 0 Å². The Bertz CT molecular complexity index is 775. The van der Waals surface area contributed by atoms with Gasteiger partial charge in [-0.05, 0) is 28.3 Å². The quantitative estimate of drug-likeness (QED) is 0.590. The predicted octanol–water partition coefficient (Wildman–Crippen LogP) is 5.40. The van der Waals surface area contributed by atoms with Gasteiger partial charge in [0.25, 0.3) is 0 Å². The molecule has 0 aliphatic heterocycles. The van der Waals surface area contributed by atoms with Crippen molar-refractivity contribution in [2.75, 3.05) is 0 Å². The molecule has 2 nitrogen and oxygen atoms in total. The number of rotatable bonds is 1. The molecule has 0 atom stereocenters. The Hall–Kier alpha value is -1.83. The molecule has 0 unspecified atom stereocenters. The third-order valence-corrected chi connectivity index (χ3v) is 3.86. The molecule has 0 aliphatic carbocycles. The lowest BCUT2D eigenvalue weighted by Crippen LogP contribution is -2.11. The van der Waals surface area contributed by atoms with E-state index < -0.39 is 0 Å². The first-order valence-electron chi connectivity index (χ1n) is 7.21. The van der Waals surface area contributed by atoms with Crippen LogP contribution in [0, 0.1) is 0 Å². The summed E-state index contributed by atoms with van der Waals surface area (Å²) in [4.78, 5) is 0. The summed E-state index contributed by atoms with van der Waals surface area (Å²) in [5, 5.41) is 8.04. The van der Waals surface area contributed by atoms with E-state index in [1.54, 1.807) is 0 Å². The van der Waals surface area contributed by atoms with Gasteiger partial charge in [0.15, 0.2) is 5.58 Å². The van der Waals surface area contributed by atoms with Crippen LogP contribution in [0.5, 0.6) is 0 Å². The van der Waals surface area contributed by atoms with Crippen molar-refractivity contribution in [1.82, 2.24) is 5.16 Å². The van der Waals surface area contributed by atoms with Gasteiger partial charge < -0.3 is 4.52 Å². The van der Waals surface area contributed by atoms with Gasteiger partial charge in [-0.15, -0.1) is 0 Å². The Morgan fingerprint density at radius 3 is 2.40 bits per heavy atom. The lowest BCUT2D eigenvalue weighted by Gasteiger charge is -2.16. The first-order valence-corrected chi connectivity index (χ1v) is 7.21. The molecule has 0 spiro atoms. The van der Waals surface area contributed by atoms with Crippen LogP contribution in [0.4, 0.5) is 0 Å². The van der Waals surface area contributed by atoms with E-state index in [9.17, 15) is 0 Å². The third-order valence-electron chi connectivity index (χ3n) is 3.86. The van der Waals surface area contributed by atoms with Crippen molar-refractivity contribution in [2.45, 2.75) is 46.0 Å². The molecule has 104 valence electrons. The van der Waals surface area contributed by atoms with Gasteiger partial charge >= 0.3 is 0 Å². The lowest BCUT2D eigenvalue weighted by atomic mass is 9.87. The van der Waals surface area contributed by atoms with E-state index in [-0.39, 0.29) is 5.41 Å². The van der Waals surface area contributed by atoms with Gasteiger partial charge in [0.1, 0.15) is 0 Å². The molecule has 2 heteroatoms. The smallest absolute Gasteiger partial charge is 0.167 e. The van der Waals surface area contributed by atoms with Gasteiger partial charge in [-0.1, -0.05) is 64.0 Å². The summed E-state index contributed by atoms with van der Waals surface area (Å²) in [5.41, 5.74) is 3.28. The molecule has 0 N–H and O–H groups in total. The third kappa shape index (κ3) is 1.91. The van der Waals surface area contributed by atoms with Gasteiger partial charge in [-0.2, -0.15) is 0 Å². The molecule has 0 saturated heterocycles. The number of hydrogen-bond donors (Lipinski definition) is 0. The van der Waals surface area contributed by atoms with Crippen LogP contribution >= 0.6 is 0 Å². The standard InChI is InChI=1S/C18H21NO/c1-11(2)12-7-6-8-14-13(12)9-10-15-16(14)17(19-20-15)18(3,4)5/h6-11H,1-5H3. The number of hydrogen-bond acceptors (Lipinski definition) is 2. The fraction of sp³-hybridized carbons (Fsp3) is 0.389. The first kappa shape index (κ1) is 13.2. The van der Waals surface area contributed by atoms with Crippen molar-refractivity contribution in [1.29, 1.82) is 0 Å². The molecule has 1 heterocycles. The van der Waals surface area contributed by atoms with Crippen LogP contribution in [-0.4, -0.2) is 5.16 Å². The van der Waals surface area contributed by atoms with Crippen LogP contribution in [0.15, 0.2) is 34.9 Å². The van der Waals surface area contributed by atoms with Crippen molar-refractivity contribution in [3.63, 3.8) is 0 Å². The van der Waals surface area contributed by atoms with Gasteiger partial charge in [-0.25, -0.2) is 0 Å². The Morgan fingerprint density at radius 2 is 1.75 bits per heavy atom. The van der Waals surface area contributed by atoms with E-state index >= 15 is 0 Å². The summed E-state index contributed by atoms with van der Waals surface area (Å²) in [7, 11) is 0. The van der Waals surface area contributed by atoms with Crippen molar-refractivity contribution in [2.24, 2.45) is 0 Å². The van der Waals surface area contributed by atoms with Crippen LogP contribution in [0.25, 0.3) is 21.7 Å². The van der Waals surface area contributed by atoms with Crippen molar-refractivity contribution < 1.29 is 4.52 Å². The Balaban J connectivity index is 2.47. The topological polar surface area (TPSA) is 26.0 Å². The van der Waals surface area contributed by atoms with Gasteiger partial charge in [0.2, 0.25) is 0 Å². The number of benzene rings is 2. The molecule has 2 aromatic carbocycles. The van der Waals surface area contributed by atoms with E-state index in [4.69, 9.17) is 4.52 Å². The molecule has 3 aromatic rings. The lowest BCUT2D eigenvalue weighted by molar-refractivity contribution is 0.419. The second-order valence-corrected chi connectivity index (χ2v) is 6.82.